The molecule has 0 saturated heterocycles. The fraction of sp³-hybridized carbons (Fsp3) is 0.429. The van der Waals surface area contributed by atoms with Gasteiger partial charge in [0, 0.05) is 6.04 Å². The number of benzene rings is 2. The summed E-state index contributed by atoms with van der Waals surface area (Å²) in [6, 6.07) is 23.1. The summed E-state index contributed by atoms with van der Waals surface area (Å²) in [5.74, 6) is 0.802. The van der Waals surface area contributed by atoms with E-state index < -0.39 is 0 Å². The Labute approximate surface area is 142 Å². The van der Waals surface area contributed by atoms with E-state index in [2.05, 4.69) is 86.6 Å². The van der Waals surface area contributed by atoms with Crippen molar-refractivity contribution in [1.29, 1.82) is 0 Å². The van der Waals surface area contributed by atoms with Crippen molar-refractivity contribution in [2.45, 2.75) is 37.9 Å². The molecule has 0 N–H and O–H groups in total. The Balaban J connectivity index is 1.98. The van der Waals surface area contributed by atoms with Gasteiger partial charge in [0.25, 0.3) is 0 Å². The maximum Gasteiger partial charge on any atom is 0.00953 e. The second kappa shape index (κ2) is 7.60. The first-order valence-corrected chi connectivity index (χ1v) is 10.2. The third-order valence-electron chi connectivity index (χ3n) is 5.37. The molecule has 0 bridgehead atoms. The molecule has 1 aliphatic carbocycles. The highest BCUT2D eigenvalue weighted by atomic mass is 31.1. The molecule has 0 aromatic heterocycles. The van der Waals surface area contributed by atoms with Crippen LogP contribution in [0.15, 0.2) is 60.7 Å². The first kappa shape index (κ1) is 16.7. The molecular formula is C21H28NP. The molecule has 1 saturated carbocycles. The highest BCUT2D eigenvalue weighted by Crippen LogP contribution is 2.51. The van der Waals surface area contributed by atoms with E-state index in [-0.39, 0.29) is 7.92 Å². The predicted molar refractivity (Wildman–Crippen MR) is 103 cm³/mol. The highest BCUT2D eigenvalue weighted by molar-refractivity contribution is 7.73. The van der Waals surface area contributed by atoms with E-state index in [1.807, 2.05) is 0 Å². The van der Waals surface area contributed by atoms with Crippen molar-refractivity contribution in [3.63, 3.8) is 0 Å². The minimum Gasteiger partial charge on any atom is -0.306 e. The molecule has 3 atom stereocenters. The summed E-state index contributed by atoms with van der Waals surface area (Å²) < 4.78 is 0. The molecule has 0 radical (unpaired) electrons. The minimum atomic E-state index is -0.275. The molecule has 0 amide bonds. The normalized spacial score (nSPS) is 22.7. The van der Waals surface area contributed by atoms with Crippen molar-refractivity contribution in [1.82, 2.24) is 4.90 Å². The Morgan fingerprint density at radius 2 is 1.39 bits per heavy atom. The van der Waals surface area contributed by atoms with Gasteiger partial charge in [-0.2, -0.15) is 0 Å². The lowest BCUT2D eigenvalue weighted by Gasteiger charge is -2.36. The second-order valence-corrected chi connectivity index (χ2v) is 9.34. The predicted octanol–water partition coefficient (Wildman–Crippen LogP) is 4.24. The standard InChI is InChI=1S/C21H28NP/c1-17(22(2)3)20-15-10-16-21(20)23(18-11-6-4-7-12-18)19-13-8-5-9-14-19/h4-9,11-14,17,20-21H,10,15-16H2,1-3H3/t17-,20?,21?/m0/s1. The van der Waals surface area contributed by atoms with E-state index in [0.29, 0.717) is 6.04 Å². The topological polar surface area (TPSA) is 3.24 Å². The third-order valence-corrected chi connectivity index (χ3v) is 8.38. The van der Waals surface area contributed by atoms with E-state index in [9.17, 15) is 0 Å². The molecule has 0 spiro atoms. The molecule has 1 nitrogen and oxygen atoms in total. The van der Waals surface area contributed by atoms with Crippen LogP contribution in [0.4, 0.5) is 0 Å². The van der Waals surface area contributed by atoms with Crippen LogP contribution in [-0.2, 0) is 0 Å². The van der Waals surface area contributed by atoms with Gasteiger partial charge in [0.1, 0.15) is 0 Å². The minimum absolute atomic E-state index is 0.275. The van der Waals surface area contributed by atoms with Gasteiger partial charge in [-0.25, -0.2) is 0 Å². The number of hydrogen-bond acceptors (Lipinski definition) is 1. The van der Waals surface area contributed by atoms with Crippen molar-refractivity contribution in [2.75, 3.05) is 14.1 Å². The lowest BCUT2D eigenvalue weighted by atomic mass is 9.98. The molecule has 2 heteroatoms. The van der Waals surface area contributed by atoms with E-state index in [4.69, 9.17) is 0 Å². The molecule has 2 unspecified atom stereocenters. The summed E-state index contributed by atoms with van der Waals surface area (Å²) in [5.41, 5.74) is 0.798. The first-order chi connectivity index (χ1) is 11.2. The lowest BCUT2D eigenvalue weighted by Crippen LogP contribution is -2.38. The van der Waals surface area contributed by atoms with Crippen molar-refractivity contribution in [3.05, 3.63) is 60.7 Å². The molecular weight excluding hydrogens is 297 g/mol. The average Bonchev–Trinajstić information content (AvgIpc) is 3.05. The van der Waals surface area contributed by atoms with Gasteiger partial charge in [-0.15, -0.1) is 0 Å². The smallest absolute Gasteiger partial charge is 0.00953 e. The van der Waals surface area contributed by atoms with Gasteiger partial charge >= 0.3 is 0 Å². The molecule has 2 aromatic carbocycles. The van der Waals surface area contributed by atoms with Crippen LogP contribution in [0.2, 0.25) is 0 Å². The van der Waals surface area contributed by atoms with Gasteiger partial charge < -0.3 is 4.90 Å². The quantitative estimate of drug-likeness (QED) is 0.743. The SMILES string of the molecule is C[C@@H](C1CCCC1P(c1ccccc1)c1ccccc1)N(C)C. The van der Waals surface area contributed by atoms with Crippen molar-refractivity contribution in [2.24, 2.45) is 5.92 Å². The summed E-state index contributed by atoms with van der Waals surface area (Å²) in [5, 5.41) is 3.08. The zero-order valence-corrected chi connectivity index (χ0v) is 15.4. The van der Waals surface area contributed by atoms with Gasteiger partial charge in [-0.1, -0.05) is 67.1 Å². The fourth-order valence-electron chi connectivity index (χ4n) is 3.94. The Hall–Kier alpha value is -1.17. The van der Waals surface area contributed by atoms with Crippen LogP contribution in [0, 0.1) is 5.92 Å². The Morgan fingerprint density at radius 3 is 1.87 bits per heavy atom. The molecule has 0 heterocycles. The lowest BCUT2D eigenvalue weighted by molar-refractivity contribution is 0.232. The van der Waals surface area contributed by atoms with Crippen LogP contribution in [0.1, 0.15) is 26.2 Å². The molecule has 1 aliphatic rings. The highest BCUT2D eigenvalue weighted by Gasteiger charge is 2.38. The molecule has 3 rings (SSSR count). The van der Waals surface area contributed by atoms with Crippen molar-refractivity contribution >= 4 is 18.5 Å². The average molecular weight is 325 g/mol. The summed E-state index contributed by atoms with van der Waals surface area (Å²) in [6.45, 7) is 2.41. The van der Waals surface area contributed by atoms with E-state index in [1.165, 1.54) is 29.9 Å². The van der Waals surface area contributed by atoms with Crippen LogP contribution in [-0.4, -0.2) is 30.7 Å². The molecule has 23 heavy (non-hydrogen) atoms. The number of rotatable bonds is 5. The number of nitrogens with zero attached hydrogens (tertiary/aromatic N) is 1. The summed E-state index contributed by atoms with van der Waals surface area (Å²) >= 11 is 0. The van der Waals surface area contributed by atoms with E-state index in [0.717, 1.165) is 11.6 Å². The Morgan fingerprint density at radius 1 is 0.870 bits per heavy atom. The van der Waals surface area contributed by atoms with E-state index in [1.54, 1.807) is 0 Å². The monoisotopic (exact) mass is 325 g/mol. The van der Waals surface area contributed by atoms with Crippen molar-refractivity contribution < 1.29 is 0 Å². The molecule has 1 fully saturated rings. The van der Waals surface area contributed by atoms with Crippen LogP contribution < -0.4 is 10.6 Å². The molecule has 2 aromatic rings. The van der Waals surface area contributed by atoms with Gasteiger partial charge in [0.05, 0.1) is 0 Å². The second-order valence-electron chi connectivity index (χ2n) is 6.91. The summed E-state index contributed by atoms with van der Waals surface area (Å²) in [4.78, 5) is 2.41. The van der Waals surface area contributed by atoms with Crippen LogP contribution in [0.5, 0.6) is 0 Å². The maximum atomic E-state index is 2.41. The Bertz CT molecular complexity index is 556. The van der Waals surface area contributed by atoms with Crippen LogP contribution >= 0.6 is 7.92 Å². The summed E-state index contributed by atoms with van der Waals surface area (Å²) in [7, 11) is 4.18. The van der Waals surface area contributed by atoms with Gasteiger partial charge in [0.15, 0.2) is 0 Å². The summed E-state index contributed by atoms with van der Waals surface area (Å²) in [6.07, 6.45) is 4.13. The fourth-order valence-corrected chi connectivity index (χ4v) is 7.22. The van der Waals surface area contributed by atoms with Gasteiger partial charge in [-0.3, -0.25) is 0 Å². The molecule has 0 aliphatic heterocycles. The van der Waals surface area contributed by atoms with E-state index >= 15 is 0 Å². The first-order valence-electron chi connectivity index (χ1n) is 8.74. The van der Waals surface area contributed by atoms with Crippen LogP contribution in [0.25, 0.3) is 0 Å². The van der Waals surface area contributed by atoms with Crippen LogP contribution in [0.3, 0.4) is 0 Å². The third kappa shape index (κ3) is 3.67. The van der Waals surface area contributed by atoms with Crippen molar-refractivity contribution in [3.8, 4) is 0 Å². The largest absolute Gasteiger partial charge is 0.306 e. The zero-order valence-electron chi connectivity index (χ0n) is 14.5. The zero-order chi connectivity index (χ0) is 16.2. The van der Waals surface area contributed by atoms with Gasteiger partial charge in [-0.05, 0) is 64.0 Å². The molecule has 122 valence electrons. The Kier molecular flexibility index (Phi) is 5.51. The van der Waals surface area contributed by atoms with Gasteiger partial charge in [0.2, 0.25) is 0 Å². The number of hydrogen-bond donors (Lipinski definition) is 0. The maximum absolute atomic E-state index is 2.41.